The summed E-state index contributed by atoms with van der Waals surface area (Å²) < 4.78 is 0. The maximum atomic E-state index is 9.92. The predicted octanol–water partition coefficient (Wildman–Crippen LogP) is 10.4. The molecule has 0 radical (unpaired) electrons. The number of hydrogen-bond donors (Lipinski definition) is 0. The summed E-state index contributed by atoms with van der Waals surface area (Å²) >= 11 is 0. The number of nitrogens with zero attached hydrogens (tertiary/aromatic N) is 3. The summed E-state index contributed by atoms with van der Waals surface area (Å²) in [6.45, 7) is 9.84. The normalized spacial score (nSPS) is 11.0. The molecule has 0 spiro atoms. The van der Waals surface area contributed by atoms with Crippen molar-refractivity contribution in [2.24, 2.45) is 0 Å². The van der Waals surface area contributed by atoms with Crippen molar-refractivity contribution >= 4 is 56.4 Å². The second kappa shape index (κ2) is 10.6. The zero-order chi connectivity index (χ0) is 27.5. The van der Waals surface area contributed by atoms with E-state index in [0.29, 0.717) is 11.3 Å². The molecule has 0 aromatic heterocycles. The van der Waals surface area contributed by atoms with Crippen LogP contribution in [0, 0.1) is 24.8 Å². The molecule has 0 aliphatic carbocycles. The molecule has 0 fully saturated rings. The van der Waals surface area contributed by atoms with Crippen molar-refractivity contribution in [1.29, 1.82) is 5.26 Å². The largest absolute Gasteiger partial charge is 0.311 e. The molecule has 188 valence electrons. The number of aryl methyl sites for hydroxylation is 1. The number of para-hydroxylation sites is 2. The molecular weight excluding hydrogens is 486 g/mol. The first-order chi connectivity index (χ1) is 19.7. The Morgan fingerprint density at radius 1 is 0.625 bits per heavy atom. The quantitative estimate of drug-likeness (QED) is 0.131. The minimum Gasteiger partial charge on any atom is -0.311 e. The third-order valence-corrected chi connectivity index (χ3v) is 7.14. The van der Waals surface area contributed by atoms with Gasteiger partial charge in [-0.3, -0.25) is 0 Å². The Morgan fingerprint density at radius 2 is 1.18 bits per heavy atom. The van der Waals surface area contributed by atoms with Crippen LogP contribution in [-0.2, 0) is 0 Å². The van der Waals surface area contributed by atoms with Gasteiger partial charge in [0.15, 0.2) is 0 Å². The molecule has 6 rings (SSSR count). The Labute approximate surface area is 234 Å². The van der Waals surface area contributed by atoms with E-state index in [9.17, 15) is 5.26 Å². The molecule has 0 N–H and O–H groups in total. The molecule has 6 aromatic rings. The fourth-order valence-electron chi connectivity index (χ4n) is 5.22. The summed E-state index contributed by atoms with van der Waals surface area (Å²) in [5, 5.41) is 13.5. The standard InChI is InChI=1S/C37H25N3/c1-26-13-21-32-33-22-18-28(24-35(33)37(39-2)36(25-38)34(32)23-26)15-14-27-16-19-31(20-17-27)40(29-9-5-3-6-10-29)30-11-7-4-8-12-30/h3-24H,1H3. The van der Waals surface area contributed by atoms with Gasteiger partial charge >= 0.3 is 0 Å². The number of anilines is 3. The van der Waals surface area contributed by atoms with E-state index in [1.54, 1.807) is 0 Å². The zero-order valence-electron chi connectivity index (χ0n) is 22.0. The minimum atomic E-state index is 0.414. The first kappa shape index (κ1) is 24.7. The van der Waals surface area contributed by atoms with Gasteiger partial charge in [-0.1, -0.05) is 103 Å². The minimum absolute atomic E-state index is 0.414. The Kier molecular flexibility index (Phi) is 6.55. The van der Waals surface area contributed by atoms with E-state index in [2.05, 4.69) is 119 Å². The van der Waals surface area contributed by atoms with Crippen LogP contribution < -0.4 is 4.90 Å². The van der Waals surface area contributed by atoms with E-state index in [4.69, 9.17) is 6.57 Å². The fourth-order valence-corrected chi connectivity index (χ4v) is 5.22. The van der Waals surface area contributed by atoms with Crippen LogP contribution >= 0.6 is 0 Å². The van der Waals surface area contributed by atoms with Crippen molar-refractivity contribution < 1.29 is 0 Å². The molecule has 3 heteroatoms. The van der Waals surface area contributed by atoms with E-state index in [0.717, 1.165) is 55.3 Å². The third-order valence-electron chi connectivity index (χ3n) is 7.14. The summed E-state index contributed by atoms with van der Waals surface area (Å²) in [7, 11) is 0. The van der Waals surface area contributed by atoms with Crippen molar-refractivity contribution in [3.8, 4) is 6.07 Å². The van der Waals surface area contributed by atoms with Crippen molar-refractivity contribution in [3.63, 3.8) is 0 Å². The molecule has 3 nitrogen and oxygen atoms in total. The number of rotatable bonds is 5. The Bertz CT molecular complexity index is 1920. The highest BCUT2D eigenvalue weighted by Gasteiger charge is 2.15. The summed E-state index contributed by atoms with van der Waals surface area (Å²) in [4.78, 5) is 6.02. The first-order valence-electron chi connectivity index (χ1n) is 13.1. The van der Waals surface area contributed by atoms with E-state index < -0.39 is 0 Å². The molecule has 0 heterocycles. The SMILES string of the molecule is [C-]#[N+]c1c(C#N)c2cc(C)ccc2c2ccc(C=Cc3ccc(N(c4ccccc4)c4ccccc4)cc3)cc12. The Hall–Kier alpha value is -5.64. The maximum absolute atomic E-state index is 9.92. The molecule has 0 aliphatic heterocycles. The Balaban J connectivity index is 1.35. The lowest BCUT2D eigenvalue weighted by Gasteiger charge is -2.25. The van der Waals surface area contributed by atoms with Crippen LogP contribution in [-0.4, -0.2) is 0 Å². The van der Waals surface area contributed by atoms with Gasteiger partial charge in [0.2, 0.25) is 5.69 Å². The van der Waals surface area contributed by atoms with Crippen molar-refractivity contribution in [2.75, 3.05) is 4.90 Å². The van der Waals surface area contributed by atoms with E-state index >= 15 is 0 Å². The molecule has 0 bridgehead atoms. The second-order valence-corrected chi connectivity index (χ2v) is 9.73. The third kappa shape index (κ3) is 4.58. The molecule has 6 aromatic carbocycles. The summed E-state index contributed by atoms with van der Waals surface area (Å²) in [6, 6.07) is 43.7. The highest BCUT2D eigenvalue weighted by molar-refractivity contribution is 6.17. The monoisotopic (exact) mass is 511 g/mol. The van der Waals surface area contributed by atoms with Crippen LogP contribution in [0.5, 0.6) is 0 Å². The molecular formula is C37H25N3. The van der Waals surface area contributed by atoms with Crippen LogP contribution in [0.2, 0.25) is 0 Å². The zero-order valence-corrected chi connectivity index (χ0v) is 22.0. The lowest BCUT2D eigenvalue weighted by atomic mass is 9.93. The molecule has 0 unspecified atom stereocenters. The fraction of sp³-hybridized carbons (Fsp3) is 0.0270. The average Bonchev–Trinajstić information content (AvgIpc) is 3.01. The molecule has 0 atom stereocenters. The van der Waals surface area contributed by atoms with Gasteiger partial charge in [-0.15, -0.1) is 0 Å². The topological polar surface area (TPSA) is 31.4 Å². The number of benzene rings is 6. The number of hydrogen-bond acceptors (Lipinski definition) is 2. The van der Waals surface area contributed by atoms with Gasteiger partial charge < -0.3 is 4.90 Å². The summed E-state index contributed by atoms with van der Waals surface area (Å²) in [5.74, 6) is 0. The number of fused-ring (bicyclic) bond motifs is 3. The number of nitriles is 1. The smallest absolute Gasteiger partial charge is 0.212 e. The highest BCUT2D eigenvalue weighted by Crippen LogP contribution is 2.39. The van der Waals surface area contributed by atoms with Crippen LogP contribution in [0.25, 0.3) is 38.5 Å². The van der Waals surface area contributed by atoms with Gasteiger partial charge in [0.25, 0.3) is 0 Å². The average molecular weight is 512 g/mol. The van der Waals surface area contributed by atoms with Crippen LogP contribution in [0.3, 0.4) is 0 Å². The summed E-state index contributed by atoms with van der Waals surface area (Å²) in [6.07, 6.45) is 4.13. The van der Waals surface area contributed by atoms with E-state index in [-0.39, 0.29) is 0 Å². The van der Waals surface area contributed by atoms with Crippen LogP contribution in [0.4, 0.5) is 22.7 Å². The lowest BCUT2D eigenvalue weighted by molar-refractivity contribution is 1.28. The van der Waals surface area contributed by atoms with Gasteiger partial charge in [-0.2, -0.15) is 5.26 Å². The van der Waals surface area contributed by atoms with Gasteiger partial charge in [-0.25, -0.2) is 4.85 Å². The van der Waals surface area contributed by atoms with Crippen molar-refractivity contribution in [1.82, 2.24) is 0 Å². The molecule has 0 aliphatic rings. The van der Waals surface area contributed by atoms with Crippen LogP contribution in [0.15, 0.2) is 121 Å². The Morgan fingerprint density at radius 3 is 1.80 bits per heavy atom. The highest BCUT2D eigenvalue weighted by atomic mass is 15.1. The van der Waals surface area contributed by atoms with Gasteiger partial charge in [0.05, 0.1) is 18.2 Å². The van der Waals surface area contributed by atoms with Gasteiger partial charge in [0.1, 0.15) is 0 Å². The molecule has 0 amide bonds. The first-order valence-corrected chi connectivity index (χ1v) is 13.1. The van der Waals surface area contributed by atoms with Crippen LogP contribution in [0.1, 0.15) is 22.3 Å². The lowest BCUT2D eigenvalue weighted by Crippen LogP contribution is -2.09. The molecule has 0 saturated carbocycles. The second-order valence-electron chi connectivity index (χ2n) is 9.73. The van der Waals surface area contributed by atoms with Crippen molar-refractivity contribution in [3.05, 3.63) is 155 Å². The van der Waals surface area contributed by atoms with Gasteiger partial charge in [0, 0.05) is 17.1 Å². The molecule has 0 saturated heterocycles. The molecule has 40 heavy (non-hydrogen) atoms. The maximum Gasteiger partial charge on any atom is 0.212 e. The predicted molar refractivity (Wildman–Crippen MR) is 167 cm³/mol. The van der Waals surface area contributed by atoms with E-state index in [1.807, 2.05) is 37.3 Å². The van der Waals surface area contributed by atoms with Crippen molar-refractivity contribution in [2.45, 2.75) is 6.92 Å². The summed E-state index contributed by atoms with van der Waals surface area (Å²) in [5.41, 5.74) is 7.26. The van der Waals surface area contributed by atoms with E-state index in [1.165, 1.54) is 0 Å². The van der Waals surface area contributed by atoms with Gasteiger partial charge in [-0.05, 0) is 76.0 Å².